The first-order chi connectivity index (χ1) is 10.3. The number of benzene rings is 1. The standard InChI is InChI=1S/C15H17N3O2S/c19-14(12-5-2-1-3-6-12)16-8-9-17-15(20)18-11-13-7-4-10-21-13/h1-7,10H,8-9,11H2,(H,16,19)(H2,17,18,20). The summed E-state index contributed by atoms with van der Waals surface area (Å²) in [5, 5.41) is 10.2. The number of amides is 3. The predicted molar refractivity (Wildman–Crippen MR) is 83.3 cm³/mol. The Balaban J connectivity index is 1.59. The minimum atomic E-state index is -0.239. The minimum absolute atomic E-state index is 0.142. The number of hydrogen-bond donors (Lipinski definition) is 3. The van der Waals surface area contributed by atoms with E-state index in [0.29, 0.717) is 25.2 Å². The molecule has 110 valence electrons. The van der Waals surface area contributed by atoms with Gasteiger partial charge in [-0.15, -0.1) is 11.3 Å². The molecule has 21 heavy (non-hydrogen) atoms. The zero-order chi connectivity index (χ0) is 14.9. The fourth-order valence-corrected chi connectivity index (χ4v) is 2.33. The lowest BCUT2D eigenvalue weighted by Gasteiger charge is -2.08. The Labute approximate surface area is 127 Å². The highest BCUT2D eigenvalue weighted by atomic mass is 32.1. The number of urea groups is 1. The van der Waals surface area contributed by atoms with Crippen molar-refractivity contribution >= 4 is 23.3 Å². The van der Waals surface area contributed by atoms with Gasteiger partial charge in [0.2, 0.25) is 0 Å². The molecule has 0 aliphatic carbocycles. The van der Waals surface area contributed by atoms with Gasteiger partial charge >= 0.3 is 6.03 Å². The van der Waals surface area contributed by atoms with Gasteiger partial charge in [-0.05, 0) is 23.6 Å². The van der Waals surface area contributed by atoms with E-state index in [4.69, 9.17) is 0 Å². The van der Waals surface area contributed by atoms with Crippen molar-refractivity contribution in [3.8, 4) is 0 Å². The van der Waals surface area contributed by atoms with Crippen LogP contribution in [0.25, 0.3) is 0 Å². The van der Waals surface area contributed by atoms with Gasteiger partial charge in [-0.25, -0.2) is 4.79 Å². The van der Waals surface area contributed by atoms with Gasteiger partial charge in [-0.2, -0.15) is 0 Å². The van der Waals surface area contributed by atoms with Crippen LogP contribution in [0, 0.1) is 0 Å². The molecule has 0 fully saturated rings. The number of carbonyl (C=O) groups excluding carboxylic acids is 2. The molecule has 0 saturated heterocycles. The molecule has 6 heteroatoms. The maximum absolute atomic E-state index is 11.7. The van der Waals surface area contributed by atoms with E-state index in [1.54, 1.807) is 23.5 Å². The lowest BCUT2D eigenvalue weighted by Crippen LogP contribution is -2.39. The van der Waals surface area contributed by atoms with E-state index >= 15 is 0 Å². The zero-order valence-corrected chi connectivity index (χ0v) is 12.3. The molecule has 0 saturated carbocycles. The van der Waals surface area contributed by atoms with Crippen LogP contribution in [0.3, 0.4) is 0 Å². The van der Waals surface area contributed by atoms with Crippen molar-refractivity contribution in [2.45, 2.75) is 6.54 Å². The van der Waals surface area contributed by atoms with Crippen molar-refractivity contribution in [2.75, 3.05) is 13.1 Å². The number of hydrogen-bond acceptors (Lipinski definition) is 3. The Kier molecular flexibility index (Phi) is 5.78. The third-order valence-electron chi connectivity index (χ3n) is 2.74. The van der Waals surface area contributed by atoms with Crippen molar-refractivity contribution in [1.29, 1.82) is 0 Å². The maximum Gasteiger partial charge on any atom is 0.315 e. The normalized spacial score (nSPS) is 9.90. The number of carbonyl (C=O) groups is 2. The summed E-state index contributed by atoms with van der Waals surface area (Å²) in [5.41, 5.74) is 0.611. The summed E-state index contributed by atoms with van der Waals surface area (Å²) >= 11 is 1.60. The van der Waals surface area contributed by atoms with E-state index in [9.17, 15) is 9.59 Å². The van der Waals surface area contributed by atoms with Crippen LogP contribution in [0.1, 0.15) is 15.2 Å². The number of nitrogens with one attached hydrogen (secondary N) is 3. The average Bonchev–Trinajstić information content (AvgIpc) is 3.03. The van der Waals surface area contributed by atoms with Crippen molar-refractivity contribution in [3.05, 3.63) is 58.3 Å². The Morgan fingerprint density at radius 3 is 2.38 bits per heavy atom. The second-order valence-electron chi connectivity index (χ2n) is 4.31. The second-order valence-corrected chi connectivity index (χ2v) is 5.34. The lowest BCUT2D eigenvalue weighted by molar-refractivity contribution is 0.0954. The summed E-state index contributed by atoms with van der Waals surface area (Å²) in [4.78, 5) is 24.4. The molecule has 1 aromatic heterocycles. The molecule has 0 spiro atoms. The van der Waals surface area contributed by atoms with E-state index in [2.05, 4.69) is 16.0 Å². The summed E-state index contributed by atoms with van der Waals surface area (Å²) in [5.74, 6) is -0.142. The van der Waals surface area contributed by atoms with Gasteiger partial charge in [0.05, 0.1) is 6.54 Å². The van der Waals surface area contributed by atoms with Crippen LogP contribution in [0.15, 0.2) is 47.8 Å². The van der Waals surface area contributed by atoms with Gasteiger partial charge in [0.25, 0.3) is 5.91 Å². The number of thiophene rings is 1. The fourth-order valence-electron chi connectivity index (χ4n) is 1.69. The zero-order valence-electron chi connectivity index (χ0n) is 11.5. The van der Waals surface area contributed by atoms with Crippen molar-refractivity contribution in [2.24, 2.45) is 0 Å². The van der Waals surface area contributed by atoms with Crippen LogP contribution < -0.4 is 16.0 Å². The topological polar surface area (TPSA) is 70.2 Å². The first-order valence-electron chi connectivity index (χ1n) is 6.63. The Hall–Kier alpha value is -2.34. The largest absolute Gasteiger partial charge is 0.350 e. The van der Waals surface area contributed by atoms with Crippen LogP contribution in [-0.4, -0.2) is 25.0 Å². The summed E-state index contributed by atoms with van der Waals surface area (Å²) in [6, 6.07) is 12.6. The Bertz CT molecular complexity index is 570. The molecule has 0 unspecified atom stereocenters. The van der Waals surface area contributed by atoms with E-state index < -0.39 is 0 Å². The minimum Gasteiger partial charge on any atom is -0.350 e. The highest BCUT2D eigenvalue weighted by molar-refractivity contribution is 7.09. The molecule has 1 heterocycles. The summed E-state index contributed by atoms with van der Waals surface area (Å²) < 4.78 is 0. The van der Waals surface area contributed by atoms with Crippen LogP contribution in [-0.2, 0) is 6.54 Å². The second kappa shape index (κ2) is 8.06. The molecular formula is C15H17N3O2S. The summed E-state index contributed by atoms with van der Waals surface area (Å²) in [7, 11) is 0. The molecule has 3 N–H and O–H groups in total. The van der Waals surface area contributed by atoms with Gasteiger partial charge in [-0.3, -0.25) is 4.79 Å². The van der Waals surface area contributed by atoms with Gasteiger partial charge in [0, 0.05) is 23.5 Å². The van der Waals surface area contributed by atoms with Crippen LogP contribution in [0.2, 0.25) is 0 Å². The quantitative estimate of drug-likeness (QED) is 0.714. The van der Waals surface area contributed by atoms with E-state index in [1.165, 1.54) is 0 Å². The predicted octanol–water partition coefficient (Wildman–Crippen LogP) is 1.98. The van der Waals surface area contributed by atoms with Crippen LogP contribution in [0.5, 0.6) is 0 Å². The molecule has 2 aromatic rings. The third-order valence-corrected chi connectivity index (χ3v) is 3.61. The molecule has 0 radical (unpaired) electrons. The molecule has 1 aromatic carbocycles. The highest BCUT2D eigenvalue weighted by Crippen LogP contribution is 2.06. The average molecular weight is 303 g/mol. The molecule has 0 bridgehead atoms. The van der Waals surface area contributed by atoms with Gasteiger partial charge in [-0.1, -0.05) is 24.3 Å². The molecular weight excluding hydrogens is 286 g/mol. The molecule has 0 atom stereocenters. The van der Waals surface area contributed by atoms with Crippen LogP contribution in [0.4, 0.5) is 4.79 Å². The van der Waals surface area contributed by atoms with Gasteiger partial charge < -0.3 is 16.0 Å². The molecule has 5 nitrogen and oxygen atoms in total. The van der Waals surface area contributed by atoms with Crippen molar-refractivity contribution in [3.63, 3.8) is 0 Å². The molecule has 0 aliphatic rings. The lowest BCUT2D eigenvalue weighted by atomic mass is 10.2. The first kappa shape index (κ1) is 15.1. The first-order valence-corrected chi connectivity index (χ1v) is 7.51. The van der Waals surface area contributed by atoms with E-state index in [1.807, 2.05) is 35.7 Å². The fraction of sp³-hybridized carbons (Fsp3) is 0.200. The third kappa shape index (κ3) is 5.27. The van der Waals surface area contributed by atoms with E-state index in [0.717, 1.165) is 4.88 Å². The SMILES string of the molecule is O=C(NCCNC(=O)c1ccccc1)NCc1cccs1. The van der Waals surface area contributed by atoms with Crippen LogP contribution >= 0.6 is 11.3 Å². The smallest absolute Gasteiger partial charge is 0.315 e. The van der Waals surface area contributed by atoms with Crippen molar-refractivity contribution < 1.29 is 9.59 Å². The summed E-state index contributed by atoms with van der Waals surface area (Å²) in [6.45, 7) is 1.29. The van der Waals surface area contributed by atoms with Crippen molar-refractivity contribution in [1.82, 2.24) is 16.0 Å². The highest BCUT2D eigenvalue weighted by Gasteiger charge is 2.04. The maximum atomic E-state index is 11.7. The van der Waals surface area contributed by atoms with Gasteiger partial charge in [0.15, 0.2) is 0 Å². The molecule has 3 amide bonds. The van der Waals surface area contributed by atoms with E-state index in [-0.39, 0.29) is 11.9 Å². The number of rotatable bonds is 6. The van der Waals surface area contributed by atoms with Gasteiger partial charge in [0.1, 0.15) is 0 Å². The Morgan fingerprint density at radius 2 is 1.67 bits per heavy atom. The monoisotopic (exact) mass is 303 g/mol. The molecule has 0 aliphatic heterocycles. The summed E-state index contributed by atoms with van der Waals surface area (Å²) in [6.07, 6.45) is 0. The molecule has 2 rings (SSSR count). The Morgan fingerprint density at radius 1 is 0.905 bits per heavy atom.